The number of hydrogen-bond donors (Lipinski definition) is 1. The summed E-state index contributed by atoms with van der Waals surface area (Å²) in [5.41, 5.74) is 1.88. The van der Waals surface area contributed by atoms with Gasteiger partial charge in [0, 0.05) is 25.8 Å². The minimum Gasteiger partial charge on any atom is -0.383 e. The topological polar surface area (TPSA) is 30.5 Å². The van der Waals surface area contributed by atoms with Crippen LogP contribution in [0, 0.1) is 11.6 Å². The largest absolute Gasteiger partial charge is 0.383 e. The second-order valence-corrected chi connectivity index (χ2v) is 6.37. The zero-order valence-electron chi connectivity index (χ0n) is 14.3. The normalized spacial score (nSPS) is 21.4. The van der Waals surface area contributed by atoms with Gasteiger partial charge in [-0.25, -0.2) is 8.78 Å². The van der Waals surface area contributed by atoms with Crippen LogP contribution in [-0.4, -0.2) is 32.4 Å². The van der Waals surface area contributed by atoms with E-state index in [2.05, 4.69) is 17.4 Å². The van der Waals surface area contributed by atoms with Crippen molar-refractivity contribution in [3.63, 3.8) is 0 Å². The third-order valence-corrected chi connectivity index (χ3v) is 4.51. The van der Waals surface area contributed by atoms with Gasteiger partial charge in [-0.1, -0.05) is 36.4 Å². The van der Waals surface area contributed by atoms with Gasteiger partial charge in [-0.05, 0) is 36.1 Å². The van der Waals surface area contributed by atoms with Crippen molar-refractivity contribution in [2.75, 3.05) is 20.3 Å². The van der Waals surface area contributed by atoms with Gasteiger partial charge >= 0.3 is 0 Å². The second-order valence-electron chi connectivity index (χ2n) is 6.37. The highest BCUT2D eigenvalue weighted by Gasteiger charge is 2.31. The molecule has 0 aromatic heterocycles. The molecule has 1 aliphatic rings. The summed E-state index contributed by atoms with van der Waals surface area (Å²) in [4.78, 5) is 0. The lowest BCUT2D eigenvalue weighted by Gasteiger charge is -2.26. The summed E-state index contributed by atoms with van der Waals surface area (Å²) < 4.78 is 37.9. The lowest BCUT2D eigenvalue weighted by atomic mass is 9.99. The van der Waals surface area contributed by atoms with Gasteiger partial charge < -0.3 is 14.8 Å². The van der Waals surface area contributed by atoms with Crippen LogP contribution in [0.3, 0.4) is 0 Å². The van der Waals surface area contributed by atoms with Gasteiger partial charge in [0.15, 0.2) is 11.6 Å². The van der Waals surface area contributed by atoms with Gasteiger partial charge in [0.25, 0.3) is 0 Å². The third-order valence-electron chi connectivity index (χ3n) is 4.51. The molecule has 1 aliphatic heterocycles. The van der Waals surface area contributed by atoms with Gasteiger partial charge in [-0.2, -0.15) is 0 Å². The highest BCUT2D eigenvalue weighted by atomic mass is 19.2. The summed E-state index contributed by atoms with van der Waals surface area (Å²) in [5.74, 6) is -1.68. The number of benzene rings is 2. The fraction of sp³-hybridized carbons (Fsp3) is 0.400. The van der Waals surface area contributed by atoms with Crippen molar-refractivity contribution in [3.8, 4) is 0 Å². The number of hydrogen-bond acceptors (Lipinski definition) is 3. The molecule has 0 amide bonds. The molecular weight excluding hydrogens is 324 g/mol. The van der Waals surface area contributed by atoms with Crippen LogP contribution in [-0.2, 0) is 15.9 Å². The molecule has 1 heterocycles. The van der Waals surface area contributed by atoms with Gasteiger partial charge in [0.2, 0.25) is 0 Å². The predicted octanol–water partition coefficient (Wildman–Crippen LogP) is 3.64. The SMILES string of the molecule is COCC(Cc1ccccc1)NC1CCOC1c1ccc(F)c(F)c1. The Hall–Kier alpha value is -1.82. The van der Waals surface area contributed by atoms with Crippen molar-refractivity contribution in [2.45, 2.75) is 31.0 Å². The quantitative estimate of drug-likeness (QED) is 0.829. The molecule has 0 saturated carbocycles. The van der Waals surface area contributed by atoms with E-state index in [1.165, 1.54) is 11.6 Å². The average Bonchev–Trinajstić information content (AvgIpc) is 3.06. The van der Waals surface area contributed by atoms with Crippen molar-refractivity contribution in [2.24, 2.45) is 0 Å². The highest BCUT2D eigenvalue weighted by molar-refractivity contribution is 5.23. The molecule has 1 N–H and O–H groups in total. The molecule has 3 nitrogen and oxygen atoms in total. The fourth-order valence-corrected chi connectivity index (χ4v) is 3.35. The number of methoxy groups -OCH3 is 1. The fourth-order valence-electron chi connectivity index (χ4n) is 3.35. The van der Waals surface area contributed by atoms with Gasteiger partial charge in [0.1, 0.15) is 0 Å². The van der Waals surface area contributed by atoms with E-state index in [0.29, 0.717) is 18.8 Å². The Morgan fingerprint density at radius 1 is 1.16 bits per heavy atom. The zero-order valence-corrected chi connectivity index (χ0v) is 14.3. The summed E-state index contributed by atoms with van der Waals surface area (Å²) in [7, 11) is 1.68. The Kier molecular flexibility index (Phi) is 6.13. The predicted molar refractivity (Wildman–Crippen MR) is 92.4 cm³/mol. The Morgan fingerprint density at radius 3 is 2.68 bits per heavy atom. The Balaban J connectivity index is 1.70. The number of halogens is 2. The van der Waals surface area contributed by atoms with Crippen LogP contribution < -0.4 is 5.32 Å². The van der Waals surface area contributed by atoms with E-state index in [4.69, 9.17) is 9.47 Å². The molecule has 3 atom stereocenters. The van der Waals surface area contributed by atoms with Crippen LogP contribution in [0.4, 0.5) is 8.78 Å². The Labute approximate surface area is 147 Å². The van der Waals surface area contributed by atoms with Gasteiger partial charge in [-0.15, -0.1) is 0 Å². The molecule has 0 bridgehead atoms. The van der Waals surface area contributed by atoms with E-state index in [1.807, 2.05) is 18.2 Å². The van der Waals surface area contributed by atoms with Crippen LogP contribution >= 0.6 is 0 Å². The second kappa shape index (κ2) is 8.52. The highest BCUT2D eigenvalue weighted by Crippen LogP contribution is 2.30. The molecule has 2 aromatic carbocycles. The van der Waals surface area contributed by atoms with Gasteiger partial charge in [-0.3, -0.25) is 0 Å². The average molecular weight is 347 g/mol. The first-order valence-corrected chi connectivity index (χ1v) is 8.53. The zero-order chi connectivity index (χ0) is 17.6. The number of ether oxygens (including phenoxy) is 2. The molecule has 1 saturated heterocycles. The summed E-state index contributed by atoms with van der Waals surface area (Å²) in [6, 6.07) is 14.3. The summed E-state index contributed by atoms with van der Waals surface area (Å²) in [5, 5.41) is 3.58. The van der Waals surface area contributed by atoms with E-state index >= 15 is 0 Å². The maximum absolute atomic E-state index is 13.6. The summed E-state index contributed by atoms with van der Waals surface area (Å²) in [6.07, 6.45) is 1.36. The first-order chi connectivity index (χ1) is 12.2. The van der Waals surface area contributed by atoms with E-state index in [0.717, 1.165) is 18.9 Å². The lowest BCUT2D eigenvalue weighted by Crippen LogP contribution is -2.43. The smallest absolute Gasteiger partial charge is 0.159 e. The molecule has 25 heavy (non-hydrogen) atoms. The minimum atomic E-state index is -0.843. The van der Waals surface area contributed by atoms with Gasteiger partial charge in [0.05, 0.1) is 12.7 Å². The molecule has 5 heteroatoms. The van der Waals surface area contributed by atoms with Crippen LogP contribution in [0.15, 0.2) is 48.5 Å². The molecule has 2 aromatic rings. The standard InChI is InChI=1S/C20H23F2NO2/c1-24-13-16(11-14-5-3-2-4-6-14)23-19-9-10-25-20(19)15-7-8-17(21)18(22)12-15/h2-8,12,16,19-20,23H,9-11,13H2,1H3. The van der Waals surface area contributed by atoms with E-state index in [9.17, 15) is 8.78 Å². The van der Waals surface area contributed by atoms with E-state index in [-0.39, 0.29) is 18.2 Å². The van der Waals surface area contributed by atoms with Crippen molar-refractivity contribution in [1.82, 2.24) is 5.32 Å². The van der Waals surface area contributed by atoms with E-state index in [1.54, 1.807) is 13.2 Å². The number of rotatable bonds is 7. The molecule has 0 spiro atoms. The van der Waals surface area contributed by atoms with Crippen molar-refractivity contribution in [1.29, 1.82) is 0 Å². The molecule has 1 fully saturated rings. The van der Waals surface area contributed by atoms with Crippen LogP contribution in [0.1, 0.15) is 23.7 Å². The monoisotopic (exact) mass is 347 g/mol. The maximum Gasteiger partial charge on any atom is 0.159 e. The molecule has 3 unspecified atom stereocenters. The molecule has 3 rings (SSSR count). The van der Waals surface area contributed by atoms with Crippen LogP contribution in [0.2, 0.25) is 0 Å². The van der Waals surface area contributed by atoms with Crippen molar-refractivity contribution in [3.05, 3.63) is 71.3 Å². The van der Waals surface area contributed by atoms with E-state index < -0.39 is 11.6 Å². The molecular formula is C20H23F2NO2. The lowest BCUT2D eigenvalue weighted by molar-refractivity contribution is 0.0896. The van der Waals surface area contributed by atoms with Crippen molar-refractivity contribution >= 4 is 0 Å². The molecule has 0 aliphatic carbocycles. The minimum absolute atomic E-state index is 0.0359. The van der Waals surface area contributed by atoms with Crippen LogP contribution in [0.25, 0.3) is 0 Å². The number of nitrogens with one attached hydrogen (secondary N) is 1. The summed E-state index contributed by atoms with van der Waals surface area (Å²) >= 11 is 0. The maximum atomic E-state index is 13.6. The third kappa shape index (κ3) is 4.63. The molecule has 134 valence electrons. The summed E-state index contributed by atoms with van der Waals surface area (Å²) in [6.45, 7) is 1.16. The Bertz CT molecular complexity index is 681. The Morgan fingerprint density at radius 2 is 1.96 bits per heavy atom. The van der Waals surface area contributed by atoms with Crippen LogP contribution in [0.5, 0.6) is 0 Å². The molecule has 0 radical (unpaired) electrons. The first-order valence-electron chi connectivity index (χ1n) is 8.53. The first kappa shape index (κ1) is 18.0. The van der Waals surface area contributed by atoms with Crippen molar-refractivity contribution < 1.29 is 18.3 Å².